The molecule has 1 aromatic heterocycles. The van der Waals surface area contributed by atoms with Crippen LogP contribution in [0.2, 0.25) is 5.02 Å². The van der Waals surface area contributed by atoms with Gasteiger partial charge in [-0.25, -0.2) is 0 Å². The standard InChI is InChI=1S/C10H7ClN4O4/c1-5-12-10(19-14-5)13-9(16)6-2-3-7(11)8(4-6)15(17)18/h2-4H,1H3,(H,12,13,14,16). The molecule has 0 aliphatic heterocycles. The van der Waals surface area contributed by atoms with Gasteiger partial charge in [-0.2, -0.15) is 4.98 Å². The molecule has 0 unspecified atom stereocenters. The molecular weight excluding hydrogens is 276 g/mol. The van der Waals surface area contributed by atoms with E-state index >= 15 is 0 Å². The Morgan fingerprint density at radius 1 is 1.53 bits per heavy atom. The average molecular weight is 283 g/mol. The maximum absolute atomic E-state index is 11.8. The summed E-state index contributed by atoms with van der Waals surface area (Å²) in [5.74, 6) is -0.249. The van der Waals surface area contributed by atoms with E-state index in [1.54, 1.807) is 6.92 Å². The lowest BCUT2D eigenvalue weighted by Crippen LogP contribution is -2.12. The van der Waals surface area contributed by atoms with Crippen LogP contribution < -0.4 is 5.32 Å². The molecule has 0 saturated heterocycles. The second-order valence-corrected chi connectivity index (χ2v) is 3.93. The summed E-state index contributed by atoms with van der Waals surface area (Å²) >= 11 is 5.65. The monoisotopic (exact) mass is 282 g/mol. The lowest BCUT2D eigenvalue weighted by atomic mass is 10.2. The van der Waals surface area contributed by atoms with Crippen molar-refractivity contribution in [2.75, 3.05) is 5.32 Å². The van der Waals surface area contributed by atoms with E-state index in [1.807, 2.05) is 0 Å². The number of nitrogens with zero attached hydrogens (tertiary/aromatic N) is 3. The minimum Gasteiger partial charge on any atom is -0.315 e. The van der Waals surface area contributed by atoms with Crippen LogP contribution in [0, 0.1) is 17.0 Å². The Morgan fingerprint density at radius 3 is 2.84 bits per heavy atom. The molecule has 0 saturated carbocycles. The van der Waals surface area contributed by atoms with Gasteiger partial charge in [0.2, 0.25) is 0 Å². The van der Waals surface area contributed by atoms with Crippen LogP contribution in [0.25, 0.3) is 0 Å². The Bertz CT molecular complexity index is 655. The highest BCUT2D eigenvalue weighted by Crippen LogP contribution is 2.25. The van der Waals surface area contributed by atoms with Crippen LogP contribution in [0.15, 0.2) is 22.7 Å². The molecule has 8 nitrogen and oxygen atoms in total. The Labute approximate surface area is 111 Å². The minimum absolute atomic E-state index is 0.0461. The molecule has 1 heterocycles. The zero-order valence-electron chi connectivity index (χ0n) is 9.58. The van der Waals surface area contributed by atoms with Crippen molar-refractivity contribution in [2.24, 2.45) is 0 Å². The molecule has 0 spiro atoms. The van der Waals surface area contributed by atoms with E-state index < -0.39 is 10.8 Å². The van der Waals surface area contributed by atoms with Gasteiger partial charge in [0, 0.05) is 11.6 Å². The largest absolute Gasteiger partial charge is 0.328 e. The van der Waals surface area contributed by atoms with E-state index in [4.69, 9.17) is 16.1 Å². The van der Waals surface area contributed by atoms with Crippen molar-refractivity contribution in [3.63, 3.8) is 0 Å². The van der Waals surface area contributed by atoms with Crippen LogP contribution in [0.3, 0.4) is 0 Å². The molecule has 1 N–H and O–H groups in total. The van der Waals surface area contributed by atoms with Gasteiger partial charge in [-0.1, -0.05) is 16.8 Å². The van der Waals surface area contributed by atoms with Gasteiger partial charge in [0.05, 0.1) is 4.92 Å². The minimum atomic E-state index is -0.671. The second kappa shape index (κ2) is 5.02. The number of carbonyl (C=O) groups is 1. The number of rotatable bonds is 3. The molecule has 0 fully saturated rings. The highest BCUT2D eigenvalue weighted by atomic mass is 35.5. The topological polar surface area (TPSA) is 111 Å². The van der Waals surface area contributed by atoms with E-state index in [0.717, 1.165) is 6.07 Å². The van der Waals surface area contributed by atoms with Gasteiger partial charge in [0.15, 0.2) is 5.82 Å². The lowest BCUT2D eigenvalue weighted by Gasteiger charge is -2.01. The quantitative estimate of drug-likeness (QED) is 0.682. The third-order valence-electron chi connectivity index (χ3n) is 2.15. The van der Waals surface area contributed by atoms with Gasteiger partial charge in [-0.3, -0.25) is 20.2 Å². The Balaban J connectivity index is 2.24. The maximum atomic E-state index is 11.8. The van der Waals surface area contributed by atoms with E-state index in [-0.39, 0.29) is 22.3 Å². The van der Waals surface area contributed by atoms with E-state index in [9.17, 15) is 14.9 Å². The fourth-order valence-electron chi connectivity index (χ4n) is 1.31. The molecule has 0 bridgehead atoms. The number of hydrogen-bond acceptors (Lipinski definition) is 6. The van der Waals surface area contributed by atoms with Crippen molar-refractivity contribution in [3.8, 4) is 0 Å². The molecule has 0 radical (unpaired) electrons. The molecule has 1 aromatic carbocycles. The maximum Gasteiger partial charge on any atom is 0.328 e. The van der Waals surface area contributed by atoms with Gasteiger partial charge < -0.3 is 4.52 Å². The van der Waals surface area contributed by atoms with Crippen molar-refractivity contribution < 1.29 is 14.2 Å². The van der Waals surface area contributed by atoms with Crippen LogP contribution >= 0.6 is 11.6 Å². The number of nitrogens with one attached hydrogen (secondary N) is 1. The molecule has 0 atom stereocenters. The summed E-state index contributed by atoms with van der Waals surface area (Å²) < 4.78 is 4.70. The number of aryl methyl sites for hydroxylation is 1. The first-order chi connectivity index (χ1) is 8.97. The van der Waals surface area contributed by atoms with Crippen LogP contribution in [0.1, 0.15) is 16.2 Å². The van der Waals surface area contributed by atoms with Crippen LogP contribution in [0.4, 0.5) is 11.7 Å². The summed E-state index contributed by atoms with van der Waals surface area (Å²) in [7, 11) is 0. The third kappa shape index (κ3) is 2.86. The number of amides is 1. The SMILES string of the molecule is Cc1noc(NC(=O)c2ccc(Cl)c([N+](=O)[O-])c2)n1. The van der Waals surface area contributed by atoms with Gasteiger partial charge in [-0.05, 0) is 19.1 Å². The molecule has 2 rings (SSSR count). The van der Waals surface area contributed by atoms with Crippen molar-refractivity contribution in [1.29, 1.82) is 0 Å². The molecule has 9 heteroatoms. The number of carbonyl (C=O) groups excluding carboxylic acids is 1. The fourth-order valence-corrected chi connectivity index (χ4v) is 1.50. The first-order valence-electron chi connectivity index (χ1n) is 5.03. The Morgan fingerprint density at radius 2 is 2.26 bits per heavy atom. The Hall–Kier alpha value is -2.48. The molecule has 98 valence electrons. The number of halogens is 1. The third-order valence-corrected chi connectivity index (χ3v) is 2.47. The summed E-state index contributed by atoms with van der Waals surface area (Å²) in [6.45, 7) is 1.59. The van der Waals surface area contributed by atoms with Crippen molar-refractivity contribution in [1.82, 2.24) is 10.1 Å². The van der Waals surface area contributed by atoms with Crippen molar-refractivity contribution in [2.45, 2.75) is 6.92 Å². The average Bonchev–Trinajstić information content (AvgIpc) is 2.74. The van der Waals surface area contributed by atoms with E-state index in [0.29, 0.717) is 5.82 Å². The second-order valence-electron chi connectivity index (χ2n) is 3.52. The highest BCUT2D eigenvalue weighted by molar-refractivity contribution is 6.32. The van der Waals surface area contributed by atoms with Gasteiger partial charge in [0.1, 0.15) is 5.02 Å². The predicted octanol–water partition coefficient (Wildman–Crippen LogP) is 2.19. The summed E-state index contributed by atoms with van der Waals surface area (Å²) in [4.78, 5) is 25.6. The number of benzene rings is 1. The molecule has 19 heavy (non-hydrogen) atoms. The summed E-state index contributed by atoms with van der Waals surface area (Å²) in [5, 5.41) is 16.5. The predicted molar refractivity (Wildman–Crippen MR) is 65.1 cm³/mol. The van der Waals surface area contributed by atoms with Crippen molar-refractivity contribution in [3.05, 3.63) is 44.7 Å². The van der Waals surface area contributed by atoms with Crippen LogP contribution in [-0.4, -0.2) is 21.0 Å². The number of nitro benzene ring substituents is 1. The normalized spacial score (nSPS) is 10.2. The molecule has 0 aliphatic rings. The smallest absolute Gasteiger partial charge is 0.315 e. The molecular formula is C10H7ClN4O4. The van der Waals surface area contributed by atoms with Gasteiger partial charge >= 0.3 is 6.01 Å². The number of anilines is 1. The fraction of sp³-hybridized carbons (Fsp3) is 0.100. The van der Waals surface area contributed by atoms with Gasteiger partial charge in [-0.15, -0.1) is 0 Å². The molecule has 1 amide bonds. The van der Waals surface area contributed by atoms with Crippen LogP contribution in [0.5, 0.6) is 0 Å². The number of hydrogen-bond donors (Lipinski definition) is 1. The highest BCUT2D eigenvalue weighted by Gasteiger charge is 2.17. The van der Waals surface area contributed by atoms with Gasteiger partial charge in [0.25, 0.3) is 11.6 Å². The summed E-state index contributed by atoms with van der Waals surface area (Å²) in [5.41, 5.74) is -0.289. The molecule has 0 aliphatic carbocycles. The zero-order valence-corrected chi connectivity index (χ0v) is 10.3. The Kier molecular flexibility index (Phi) is 3.43. The molecule has 2 aromatic rings. The lowest BCUT2D eigenvalue weighted by molar-refractivity contribution is -0.384. The van der Waals surface area contributed by atoms with E-state index in [2.05, 4.69) is 15.5 Å². The van der Waals surface area contributed by atoms with E-state index in [1.165, 1.54) is 12.1 Å². The number of nitro groups is 1. The first kappa shape index (κ1) is 13.0. The van der Waals surface area contributed by atoms with Crippen LogP contribution in [-0.2, 0) is 0 Å². The zero-order chi connectivity index (χ0) is 14.0. The number of aromatic nitrogens is 2. The van der Waals surface area contributed by atoms with Crippen molar-refractivity contribution >= 4 is 29.2 Å². The summed E-state index contributed by atoms with van der Waals surface area (Å²) in [6.07, 6.45) is 0. The first-order valence-corrected chi connectivity index (χ1v) is 5.41. The summed E-state index contributed by atoms with van der Waals surface area (Å²) in [6, 6.07) is 3.61.